The first-order chi connectivity index (χ1) is 16.1. The summed E-state index contributed by atoms with van der Waals surface area (Å²) in [5, 5.41) is 25.0. The van der Waals surface area contributed by atoms with Crippen molar-refractivity contribution < 1.29 is 24.6 Å². The highest BCUT2D eigenvalue weighted by atomic mass is 32.2. The van der Waals surface area contributed by atoms with Crippen LogP contribution >= 0.6 is 35.7 Å². The van der Waals surface area contributed by atoms with E-state index in [1.54, 1.807) is 19.1 Å². The van der Waals surface area contributed by atoms with Gasteiger partial charge in [-0.05, 0) is 36.1 Å². The minimum absolute atomic E-state index is 0.000603. The Morgan fingerprint density at radius 1 is 1.26 bits per heavy atom. The number of thioether (sulfide) groups is 2. The third-order valence-electron chi connectivity index (χ3n) is 6.05. The maximum atomic E-state index is 13.7. The number of carbonyl (C=O) groups excluding carboxylic acids is 2. The Labute approximate surface area is 211 Å². The standard InChI is InChI=1S/C22H26N4O5S3/c1-10(2)17-24-22(32)34-9-25(17)16(12-4-6-13(27)7-5-12)18(28)23-14-19(29)26-15(21(30)31)11(3)8-33-20(14)26/h4-7,10,14,16-17,20,27H,8-9H2,1-3H3,(H,23,28)(H,24,32)(H,30,31)/t14-,16?,17?,20-/m1/s1. The maximum Gasteiger partial charge on any atom is 0.352 e. The number of carbonyl (C=O) groups is 3. The molecular formula is C22H26N4O5S3. The summed E-state index contributed by atoms with van der Waals surface area (Å²) in [6, 6.07) is 4.86. The monoisotopic (exact) mass is 522 g/mol. The van der Waals surface area contributed by atoms with E-state index in [0.717, 1.165) is 0 Å². The quantitative estimate of drug-likeness (QED) is 0.326. The number of aromatic hydroxyl groups is 1. The molecule has 9 nitrogen and oxygen atoms in total. The first-order valence-electron chi connectivity index (χ1n) is 10.8. The zero-order chi connectivity index (χ0) is 24.7. The Bertz CT molecular complexity index is 1060. The van der Waals surface area contributed by atoms with E-state index >= 15 is 0 Å². The van der Waals surface area contributed by atoms with Crippen molar-refractivity contribution in [3.63, 3.8) is 0 Å². The molecule has 2 fully saturated rings. The summed E-state index contributed by atoms with van der Waals surface area (Å²) < 4.78 is 0.659. The van der Waals surface area contributed by atoms with Gasteiger partial charge in [0.2, 0.25) is 5.91 Å². The van der Waals surface area contributed by atoms with Gasteiger partial charge in [0.1, 0.15) is 33.2 Å². The topological polar surface area (TPSA) is 122 Å². The number of phenols is 1. The van der Waals surface area contributed by atoms with Crippen LogP contribution in [-0.4, -0.2) is 71.3 Å². The molecule has 34 heavy (non-hydrogen) atoms. The Morgan fingerprint density at radius 3 is 2.56 bits per heavy atom. The summed E-state index contributed by atoms with van der Waals surface area (Å²) in [5.74, 6) is -0.775. The van der Waals surface area contributed by atoms with Crippen LogP contribution in [0, 0.1) is 5.92 Å². The molecule has 2 amide bonds. The largest absolute Gasteiger partial charge is 0.508 e. The van der Waals surface area contributed by atoms with Gasteiger partial charge in [0.15, 0.2) is 0 Å². The average molecular weight is 523 g/mol. The number of nitrogens with one attached hydrogen (secondary N) is 2. The van der Waals surface area contributed by atoms with Gasteiger partial charge in [-0.15, -0.1) is 11.8 Å². The third kappa shape index (κ3) is 4.51. The normalized spacial score (nSPS) is 26.0. The number of nitrogens with zero attached hydrogens (tertiary/aromatic N) is 2. The highest BCUT2D eigenvalue weighted by Gasteiger charge is 2.54. The average Bonchev–Trinajstić information content (AvgIpc) is 2.79. The summed E-state index contributed by atoms with van der Waals surface area (Å²) in [7, 11) is 0. The molecule has 4 N–H and O–H groups in total. The van der Waals surface area contributed by atoms with Gasteiger partial charge in [0.05, 0.1) is 12.0 Å². The van der Waals surface area contributed by atoms with Gasteiger partial charge in [0.25, 0.3) is 5.91 Å². The van der Waals surface area contributed by atoms with E-state index in [1.807, 2.05) is 18.7 Å². The molecule has 1 aromatic rings. The van der Waals surface area contributed by atoms with Gasteiger partial charge in [0, 0.05) is 5.75 Å². The van der Waals surface area contributed by atoms with Crippen molar-refractivity contribution in [3.8, 4) is 5.75 Å². The van der Waals surface area contributed by atoms with Gasteiger partial charge in [-0.2, -0.15) is 0 Å². The summed E-state index contributed by atoms with van der Waals surface area (Å²) >= 11 is 8.20. The molecule has 182 valence electrons. The van der Waals surface area contributed by atoms with Gasteiger partial charge in [-0.25, -0.2) is 4.79 Å². The van der Waals surface area contributed by atoms with Crippen molar-refractivity contribution in [2.24, 2.45) is 5.92 Å². The van der Waals surface area contributed by atoms with Crippen LogP contribution in [0.4, 0.5) is 0 Å². The molecule has 12 heteroatoms. The van der Waals surface area contributed by atoms with E-state index in [9.17, 15) is 24.6 Å². The number of fused-ring (bicyclic) bond motifs is 1. The second-order valence-corrected chi connectivity index (χ2v) is 11.5. The number of hydrogen-bond donors (Lipinski definition) is 4. The van der Waals surface area contributed by atoms with E-state index in [2.05, 4.69) is 10.6 Å². The van der Waals surface area contributed by atoms with E-state index in [0.29, 0.717) is 27.1 Å². The molecule has 2 unspecified atom stereocenters. The number of aliphatic carboxylic acids is 1. The fourth-order valence-corrected chi connectivity index (χ4v) is 6.75. The number of phenolic OH excluding ortho intramolecular Hbond substituents is 1. The zero-order valence-corrected chi connectivity index (χ0v) is 21.3. The van der Waals surface area contributed by atoms with Gasteiger partial charge < -0.3 is 20.8 Å². The highest BCUT2D eigenvalue weighted by molar-refractivity contribution is 8.23. The SMILES string of the molecule is CC1=C(C(=O)O)N2C(=O)[C@@H](NC(=O)C(c3ccc(O)cc3)N3CSC(=S)NC3C(C)C)[C@H]2SC1. The van der Waals surface area contributed by atoms with Crippen LogP contribution in [0.2, 0.25) is 0 Å². The Kier molecular flexibility index (Phi) is 7.13. The molecule has 4 rings (SSSR count). The van der Waals surface area contributed by atoms with Crippen molar-refractivity contribution in [3.05, 3.63) is 41.1 Å². The zero-order valence-electron chi connectivity index (χ0n) is 18.8. The van der Waals surface area contributed by atoms with Crippen molar-refractivity contribution >= 4 is 57.8 Å². The minimum Gasteiger partial charge on any atom is -0.508 e. The predicted molar refractivity (Wildman–Crippen MR) is 135 cm³/mol. The van der Waals surface area contributed by atoms with Crippen molar-refractivity contribution in [1.82, 2.24) is 20.4 Å². The molecular weight excluding hydrogens is 496 g/mol. The smallest absolute Gasteiger partial charge is 0.352 e. The van der Waals surface area contributed by atoms with Crippen LogP contribution in [0.25, 0.3) is 0 Å². The van der Waals surface area contributed by atoms with Crippen LogP contribution in [0.15, 0.2) is 35.5 Å². The minimum atomic E-state index is -1.14. The molecule has 3 heterocycles. The number of β-lactam (4-membered cyclic amide) rings is 1. The van der Waals surface area contributed by atoms with Gasteiger partial charge >= 0.3 is 5.97 Å². The lowest BCUT2D eigenvalue weighted by Gasteiger charge is -2.50. The van der Waals surface area contributed by atoms with Gasteiger partial charge in [-0.3, -0.25) is 19.4 Å². The lowest BCUT2D eigenvalue weighted by Crippen LogP contribution is -2.71. The predicted octanol–water partition coefficient (Wildman–Crippen LogP) is 2.05. The molecule has 3 aliphatic rings. The number of rotatable bonds is 6. The van der Waals surface area contributed by atoms with Gasteiger partial charge in [-0.1, -0.05) is 50.0 Å². The molecule has 1 aromatic carbocycles. The van der Waals surface area contributed by atoms with E-state index < -0.39 is 29.3 Å². The van der Waals surface area contributed by atoms with Crippen LogP contribution in [-0.2, 0) is 14.4 Å². The summed E-state index contributed by atoms with van der Waals surface area (Å²) in [5.41, 5.74) is 1.29. The van der Waals surface area contributed by atoms with Crippen molar-refractivity contribution in [2.75, 3.05) is 11.6 Å². The third-order valence-corrected chi connectivity index (χ3v) is 8.75. The molecule has 3 aliphatic heterocycles. The fourth-order valence-electron chi connectivity index (χ4n) is 4.40. The molecule has 2 saturated heterocycles. The molecule has 0 bridgehead atoms. The summed E-state index contributed by atoms with van der Waals surface area (Å²) in [6.45, 7) is 5.76. The molecule has 0 aliphatic carbocycles. The molecule has 0 saturated carbocycles. The lowest BCUT2D eigenvalue weighted by molar-refractivity contribution is -0.151. The Balaban J connectivity index is 1.61. The number of hydrogen-bond acceptors (Lipinski definition) is 8. The number of amides is 2. The molecule has 4 atom stereocenters. The summed E-state index contributed by atoms with van der Waals surface area (Å²) in [6.07, 6.45) is -0.208. The molecule has 0 aromatic heterocycles. The number of thiocarbonyl (C=S) groups is 1. The summed E-state index contributed by atoms with van der Waals surface area (Å²) in [4.78, 5) is 41.5. The van der Waals surface area contributed by atoms with E-state index in [4.69, 9.17) is 12.2 Å². The number of carboxylic acid groups (broad SMARTS) is 1. The van der Waals surface area contributed by atoms with Crippen LogP contribution in [0.5, 0.6) is 5.75 Å². The van der Waals surface area contributed by atoms with Crippen LogP contribution in [0.1, 0.15) is 32.4 Å². The van der Waals surface area contributed by atoms with Crippen molar-refractivity contribution in [1.29, 1.82) is 0 Å². The highest BCUT2D eigenvalue weighted by Crippen LogP contribution is 2.41. The fraction of sp³-hybridized carbons (Fsp3) is 0.455. The van der Waals surface area contributed by atoms with E-state index in [-0.39, 0.29) is 29.4 Å². The lowest BCUT2D eigenvalue weighted by atomic mass is 9.99. The molecule has 0 spiro atoms. The van der Waals surface area contributed by atoms with Crippen LogP contribution < -0.4 is 10.6 Å². The van der Waals surface area contributed by atoms with Crippen molar-refractivity contribution in [2.45, 2.75) is 44.4 Å². The number of carboxylic acids is 1. The first kappa shape index (κ1) is 24.8. The Morgan fingerprint density at radius 2 is 1.94 bits per heavy atom. The number of benzene rings is 1. The molecule has 0 radical (unpaired) electrons. The van der Waals surface area contributed by atoms with E-state index in [1.165, 1.54) is 40.6 Å². The van der Waals surface area contributed by atoms with Crippen LogP contribution in [0.3, 0.4) is 0 Å². The Hall–Kier alpha value is -2.28. The maximum absolute atomic E-state index is 13.7. The second-order valence-electron chi connectivity index (χ2n) is 8.73. The second kappa shape index (κ2) is 9.76. The first-order valence-corrected chi connectivity index (χ1v) is 13.2.